The average Bonchev–Trinajstić information content (AvgIpc) is 2.69. The highest BCUT2D eigenvalue weighted by molar-refractivity contribution is 7.72. The van der Waals surface area contributed by atoms with E-state index in [1.54, 1.807) is 6.92 Å². The van der Waals surface area contributed by atoms with Crippen LogP contribution in [0, 0.1) is 5.41 Å². The SMILES string of the molecule is CCC(Cn1c(=N)sc2cc(C(F)(F)F)ccc21)=S(=O)=O. The number of rotatable bonds is 3. The number of aromatic nitrogens is 1. The van der Waals surface area contributed by atoms with E-state index in [0.717, 1.165) is 23.5 Å². The zero-order chi connectivity index (χ0) is 15.8. The smallest absolute Gasteiger partial charge is 0.312 e. The molecule has 2 aromatic rings. The number of nitrogens with one attached hydrogen (secondary N) is 1. The summed E-state index contributed by atoms with van der Waals surface area (Å²) >= 11 is 0.889. The van der Waals surface area contributed by atoms with Gasteiger partial charge in [0.15, 0.2) is 4.80 Å². The predicted octanol–water partition coefficient (Wildman–Crippen LogP) is 2.66. The van der Waals surface area contributed by atoms with Crippen LogP contribution >= 0.6 is 11.3 Å². The summed E-state index contributed by atoms with van der Waals surface area (Å²) in [6.07, 6.45) is -4.15. The van der Waals surface area contributed by atoms with Gasteiger partial charge in [0.05, 0.1) is 27.2 Å². The Balaban J connectivity index is 2.60. The molecule has 0 saturated carbocycles. The van der Waals surface area contributed by atoms with Crippen molar-refractivity contribution in [2.75, 3.05) is 0 Å². The van der Waals surface area contributed by atoms with Crippen LogP contribution < -0.4 is 4.80 Å². The van der Waals surface area contributed by atoms with Gasteiger partial charge in [0.1, 0.15) is 0 Å². The second kappa shape index (κ2) is 5.64. The van der Waals surface area contributed by atoms with Gasteiger partial charge >= 0.3 is 6.18 Å². The van der Waals surface area contributed by atoms with Gasteiger partial charge in [0, 0.05) is 0 Å². The molecule has 0 aliphatic rings. The lowest BCUT2D eigenvalue weighted by molar-refractivity contribution is -0.137. The van der Waals surface area contributed by atoms with E-state index < -0.39 is 22.0 Å². The van der Waals surface area contributed by atoms with Crippen molar-refractivity contribution in [1.82, 2.24) is 4.57 Å². The highest BCUT2D eigenvalue weighted by atomic mass is 32.2. The van der Waals surface area contributed by atoms with Crippen LogP contribution in [-0.4, -0.2) is 17.8 Å². The highest BCUT2D eigenvalue weighted by Crippen LogP contribution is 2.32. The zero-order valence-electron chi connectivity index (χ0n) is 10.9. The van der Waals surface area contributed by atoms with Gasteiger partial charge in [-0.15, -0.1) is 0 Å². The molecule has 0 aliphatic carbocycles. The molecule has 1 aromatic carbocycles. The third-order valence-electron chi connectivity index (χ3n) is 2.99. The van der Waals surface area contributed by atoms with Crippen LogP contribution in [0.1, 0.15) is 18.9 Å². The molecule has 4 nitrogen and oxygen atoms in total. The van der Waals surface area contributed by atoms with Crippen molar-refractivity contribution in [3.63, 3.8) is 0 Å². The minimum absolute atomic E-state index is 0.0146. The normalized spacial score (nSPS) is 11.8. The van der Waals surface area contributed by atoms with Crippen molar-refractivity contribution in [2.24, 2.45) is 0 Å². The van der Waals surface area contributed by atoms with Gasteiger partial charge < -0.3 is 4.57 Å². The molecule has 1 aromatic heterocycles. The lowest BCUT2D eigenvalue weighted by atomic mass is 10.2. The summed E-state index contributed by atoms with van der Waals surface area (Å²) in [5.74, 6) is 0. The molecule has 0 amide bonds. The van der Waals surface area contributed by atoms with E-state index in [1.165, 1.54) is 10.6 Å². The van der Waals surface area contributed by atoms with Crippen molar-refractivity contribution >= 4 is 36.7 Å². The summed E-state index contributed by atoms with van der Waals surface area (Å²) in [4.78, 5) is 0.217. The van der Waals surface area contributed by atoms with E-state index in [-0.39, 0.29) is 16.2 Å². The van der Waals surface area contributed by atoms with E-state index in [1.807, 2.05) is 0 Å². The topological polar surface area (TPSA) is 62.9 Å². The molecule has 1 heterocycles. The first-order valence-corrected chi connectivity index (χ1v) is 7.82. The van der Waals surface area contributed by atoms with E-state index in [2.05, 4.69) is 0 Å². The van der Waals surface area contributed by atoms with Gasteiger partial charge in [0.2, 0.25) is 10.3 Å². The molecule has 0 unspecified atom stereocenters. The molecule has 0 bridgehead atoms. The van der Waals surface area contributed by atoms with Gasteiger partial charge in [0.25, 0.3) is 0 Å². The maximum atomic E-state index is 12.7. The summed E-state index contributed by atoms with van der Waals surface area (Å²) in [5, 5.41) is 7.82. The fourth-order valence-corrected chi connectivity index (χ4v) is 3.30. The van der Waals surface area contributed by atoms with Crippen LogP contribution in [0.25, 0.3) is 10.2 Å². The van der Waals surface area contributed by atoms with Crippen LogP contribution in [0.4, 0.5) is 13.2 Å². The number of nitrogens with zero attached hydrogens (tertiary/aromatic N) is 1. The molecule has 0 radical (unpaired) electrons. The van der Waals surface area contributed by atoms with Gasteiger partial charge in [-0.2, -0.15) is 21.6 Å². The van der Waals surface area contributed by atoms with E-state index in [0.29, 0.717) is 16.6 Å². The molecule has 0 atom stereocenters. The predicted molar refractivity (Wildman–Crippen MR) is 74.9 cm³/mol. The van der Waals surface area contributed by atoms with E-state index in [9.17, 15) is 21.6 Å². The van der Waals surface area contributed by atoms with Crippen LogP contribution in [-0.2, 0) is 23.0 Å². The summed E-state index contributed by atoms with van der Waals surface area (Å²) in [6, 6.07) is 3.19. The van der Waals surface area contributed by atoms with Crippen LogP contribution in [0.2, 0.25) is 0 Å². The third-order valence-corrected chi connectivity index (χ3v) is 4.84. The van der Waals surface area contributed by atoms with Gasteiger partial charge in [-0.25, -0.2) is 0 Å². The molecule has 114 valence electrons. The molecule has 2 rings (SSSR count). The van der Waals surface area contributed by atoms with Gasteiger partial charge in [-0.3, -0.25) is 5.41 Å². The molecule has 0 aliphatic heterocycles. The van der Waals surface area contributed by atoms with Crippen molar-refractivity contribution in [2.45, 2.75) is 26.1 Å². The van der Waals surface area contributed by atoms with Crippen molar-refractivity contribution in [3.05, 3.63) is 28.6 Å². The molecule has 0 saturated heterocycles. The fraction of sp³-hybridized carbons (Fsp3) is 0.333. The Bertz CT molecular complexity index is 868. The number of alkyl halides is 3. The summed E-state index contributed by atoms with van der Waals surface area (Å²) in [5.41, 5.74) is -0.357. The largest absolute Gasteiger partial charge is 0.416 e. The number of fused-ring (bicyclic) bond motifs is 1. The van der Waals surface area contributed by atoms with Gasteiger partial charge in [-0.1, -0.05) is 18.3 Å². The van der Waals surface area contributed by atoms with Crippen LogP contribution in [0.5, 0.6) is 0 Å². The number of hydrogen-bond acceptors (Lipinski definition) is 4. The standard InChI is InChI=1S/C12H11F3N2O2S2/c1-2-8(21(18)19)6-17-9-4-3-7(12(13,14)15)5-10(9)20-11(17)16/h3-5,16H,2,6H2,1H3. The van der Waals surface area contributed by atoms with Crippen molar-refractivity contribution in [1.29, 1.82) is 5.41 Å². The molecule has 0 fully saturated rings. The molecule has 0 spiro atoms. The second-order valence-corrected chi connectivity index (χ2v) is 6.38. The summed E-state index contributed by atoms with van der Waals surface area (Å²) in [7, 11) is -2.37. The number of hydrogen-bond donors (Lipinski definition) is 1. The molecule has 21 heavy (non-hydrogen) atoms. The first-order valence-electron chi connectivity index (χ1n) is 5.93. The maximum Gasteiger partial charge on any atom is 0.416 e. The van der Waals surface area contributed by atoms with Crippen LogP contribution in [0.15, 0.2) is 18.2 Å². The lowest BCUT2D eigenvalue weighted by Gasteiger charge is -2.07. The Morgan fingerprint density at radius 2 is 2.05 bits per heavy atom. The zero-order valence-corrected chi connectivity index (χ0v) is 12.5. The average molecular weight is 336 g/mol. The van der Waals surface area contributed by atoms with Crippen molar-refractivity contribution in [3.8, 4) is 0 Å². The Kier molecular flexibility index (Phi) is 4.24. The van der Waals surface area contributed by atoms with E-state index in [4.69, 9.17) is 5.41 Å². The highest BCUT2D eigenvalue weighted by Gasteiger charge is 2.30. The molecular weight excluding hydrogens is 325 g/mol. The monoisotopic (exact) mass is 336 g/mol. The Morgan fingerprint density at radius 1 is 1.38 bits per heavy atom. The Morgan fingerprint density at radius 3 is 2.57 bits per heavy atom. The number of halogens is 3. The fourth-order valence-electron chi connectivity index (χ4n) is 1.88. The van der Waals surface area contributed by atoms with Crippen LogP contribution in [0.3, 0.4) is 0 Å². The first kappa shape index (κ1) is 15.8. The quantitative estimate of drug-likeness (QED) is 0.876. The minimum atomic E-state index is -4.44. The number of thiazole rings is 1. The maximum absolute atomic E-state index is 12.7. The molecule has 1 N–H and O–H groups in total. The second-order valence-electron chi connectivity index (χ2n) is 4.30. The molecule has 9 heteroatoms. The summed E-state index contributed by atoms with van der Waals surface area (Å²) in [6.45, 7) is 1.66. The van der Waals surface area contributed by atoms with Gasteiger partial charge in [-0.05, 0) is 24.6 Å². The minimum Gasteiger partial charge on any atom is -0.312 e. The number of benzene rings is 1. The Hall–Kier alpha value is -1.61. The summed E-state index contributed by atoms with van der Waals surface area (Å²) < 4.78 is 61.7. The lowest BCUT2D eigenvalue weighted by Crippen LogP contribution is -2.19. The van der Waals surface area contributed by atoms with Crippen molar-refractivity contribution < 1.29 is 21.6 Å². The van der Waals surface area contributed by atoms with E-state index >= 15 is 0 Å². The molecular formula is C12H11F3N2O2S2. The Labute approximate surface area is 123 Å². The third kappa shape index (κ3) is 3.18. The first-order chi connectivity index (χ1) is 9.74.